The smallest absolute Gasteiger partial charge is 0.420 e. The van der Waals surface area contributed by atoms with Crippen LogP contribution in [0.25, 0.3) is 0 Å². The van der Waals surface area contributed by atoms with Gasteiger partial charge in [0.15, 0.2) is 0 Å². The molecule has 0 bridgehead atoms. The summed E-state index contributed by atoms with van der Waals surface area (Å²) in [4.78, 5) is 46.4. The van der Waals surface area contributed by atoms with Gasteiger partial charge in [0.05, 0.1) is 0 Å². The molecule has 0 saturated heterocycles. The van der Waals surface area contributed by atoms with Crippen LogP contribution in [0.1, 0.15) is 0 Å². The number of carbonyl (C=O) groups is 4. The number of halogens is 6. The molecular formula is C7H2F6O8. The Kier molecular flexibility index (Phi) is 4.79. The highest BCUT2D eigenvalue weighted by atomic mass is 19.4. The average molecular weight is 328 g/mol. The highest BCUT2D eigenvalue weighted by molar-refractivity contribution is 6.16. The number of carboxylic acid groups (broad SMARTS) is 2. The van der Waals surface area contributed by atoms with Crippen LogP contribution in [0.3, 0.4) is 0 Å². The molecule has 0 aliphatic heterocycles. The lowest BCUT2D eigenvalue weighted by atomic mass is 9.71. The van der Waals surface area contributed by atoms with E-state index in [0.717, 1.165) is 0 Å². The summed E-state index contributed by atoms with van der Waals surface area (Å²) in [5.41, 5.74) is -11.9. The zero-order valence-electron chi connectivity index (χ0n) is 9.11. The third-order valence-electron chi connectivity index (χ3n) is 2.28. The minimum absolute atomic E-state index is 1.92. The van der Waals surface area contributed by atoms with Crippen LogP contribution in [0, 0.1) is 5.41 Å². The molecule has 0 radical (unpaired) electrons. The molecule has 0 aromatic carbocycles. The quantitative estimate of drug-likeness (QED) is 0.544. The Labute approximate surface area is 108 Å². The second-order valence-electron chi connectivity index (χ2n) is 3.25. The fourth-order valence-corrected chi connectivity index (χ4v) is 1.32. The summed E-state index contributed by atoms with van der Waals surface area (Å²) < 4.78 is 75.6. The van der Waals surface area contributed by atoms with Crippen molar-refractivity contribution in [3.05, 3.63) is 0 Å². The number of hydrogen-bond acceptors (Lipinski definition) is 6. The zero-order chi connectivity index (χ0) is 17.2. The van der Waals surface area contributed by atoms with Crippen molar-refractivity contribution in [1.29, 1.82) is 0 Å². The Bertz CT molecular complexity index is 454. The Morgan fingerprint density at radius 1 is 0.762 bits per heavy atom. The van der Waals surface area contributed by atoms with Crippen molar-refractivity contribution in [1.82, 2.24) is 0 Å². The van der Waals surface area contributed by atoms with Gasteiger partial charge in [-0.3, -0.25) is 9.88 Å². The first-order valence-electron chi connectivity index (χ1n) is 4.24. The van der Waals surface area contributed by atoms with Crippen LogP contribution in [0.5, 0.6) is 0 Å². The lowest BCUT2D eigenvalue weighted by Gasteiger charge is -2.34. The van der Waals surface area contributed by atoms with Gasteiger partial charge in [0, 0.05) is 9.05 Å². The van der Waals surface area contributed by atoms with Gasteiger partial charge in [-0.15, -0.1) is 0 Å². The molecule has 0 aromatic heterocycles. The number of aliphatic carboxylic acids is 2. The maximum Gasteiger partial charge on any atom is 0.420 e. The van der Waals surface area contributed by atoms with Crippen LogP contribution >= 0.6 is 0 Å². The minimum atomic E-state index is -6.76. The zero-order valence-corrected chi connectivity index (χ0v) is 9.11. The van der Waals surface area contributed by atoms with Crippen LogP contribution < -0.4 is 0 Å². The lowest BCUT2D eigenvalue weighted by molar-refractivity contribution is -0.292. The highest BCUT2D eigenvalue weighted by Gasteiger charge is 2.87. The molecule has 14 heteroatoms. The van der Waals surface area contributed by atoms with Gasteiger partial charge < -0.3 is 10.2 Å². The molecule has 0 unspecified atom stereocenters. The molecule has 0 aliphatic carbocycles. The third kappa shape index (κ3) is 2.21. The van der Waals surface area contributed by atoms with Crippen molar-refractivity contribution in [2.75, 3.05) is 0 Å². The van der Waals surface area contributed by atoms with E-state index in [0.29, 0.717) is 0 Å². The fraction of sp³-hybridized carbons (Fsp3) is 0.429. The van der Waals surface area contributed by atoms with Gasteiger partial charge in [-0.25, -0.2) is 23.6 Å². The SMILES string of the molecule is O=C(O)C(F)(C(=O)O)C(C(=O)OF)(C(=O)OF)C(F)(F)F. The molecule has 2 N–H and O–H groups in total. The van der Waals surface area contributed by atoms with Crippen LogP contribution in [0.2, 0.25) is 0 Å². The second-order valence-corrected chi connectivity index (χ2v) is 3.25. The normalized spacial score (nSPS) is 12.5. The molecule has 0 aromatic rings. The Hall–Kier alpha value is -2.54. The van der Waals surface area contributed by atoms with E-state index < -0.39 is 41.1 Å². The summed E-state index contributed by atoms with van der Waals surface area (Å²) in [6.07, 6.45) is -6.76. The lowest BCUT2D eigenvalue weighted by Crippen LogP contribution is -2.70. The van der Waals surface area contributed by atoms with E-state index in [-0.39, 0.29) is 0 Å². The second kappa shape index (κ2) is 5.45. The maximum absolute atomic E-state index is 13.9. The molecule has 8 nitrogen and oxygen atoms in total. The first-order valence-corrected chi connectivity index (χ1v) is 4.24. The third-order valence-corrected chi connectivity index (χ3v) is 2.28. The molecule has 0 amide bonds. The van der Waals surface area contributed by atoms with Crippen LogP contribution in [-0.2, 0) is 29.1 Å². The molecule has 0 saturated carbocycles. The minimum Gasteiger partial charge on any atom is -0.478 e. The van der Waals surface area contributed by atoms with Gasteiger partial charge in [-0.1, -0.05) is 0 Å². The van der Waals surface area contributed by atoms with E-state index in [1.807, 2.05) is 9.88 Å². The number of carboxylic acids is 2. The van der Waals surface area contributed by atoms with Crippen molar-refractivity contribution in [2.45, 2.75) is 11.8 Å². The van der Waals surface area contributed by atoms with Crippen molar-refractivity contribution >= 4 is 23.9 Å². The van der Waals surface area contributed by atoms with E-state index in [9.17, 15) is 45.8 Å². The van der Waals surface area contributed by atoms with Gasteiger partial charge in [0.1, 0.15) is 0 Å². The molecule has 0 aliphatic rings. The summed E-state index contributed by atoms with van der Waals surface area (Å²) in [6, 6.07) is 0. The summed E-state index contributed by atoms with van der Waals surface area (Å²) in [5, 5.41) is 16.5. The summed E-state index contributed by atoms with van der Waals surface area (Å²) in [6.45, 7) is 0. The molecule has 0 fully saturated rings. The van der Waals surface area contributed by atoms with Gasteiger partial charge in [-0.05, 0) is 0 Å². The molecule has 0 spiro atoms. The molecule has 120 valence electrons. The van der Waals surface area contributed by atoms with Crippen molar-refractivity contribution in [2.24, 2.45) is 5.41 Å². The summed E-state index contributed by atoms with van der Waals surface area (Å²) in [7, 11) is 0. The molecule has 0 atom stereocenters. The fourth-order valence-electron chi connectivity index (χ4n) is 1.32. The maximum atomic E-state index is 13.9. The van der Waals surface area contributed by atoms with Crippen molar-refractivity contribution in [3.63, 3.8) is 0 Å². The largest absolute Gasteiger partial charge is 0.478 e. The molecular weight excluding hydrogens is 326 g/mol. The highest BCUT2D eigenvalue weighted by Crippen LogP contribution is 2.51. The van der Waals surface area contributed by atoms with Gasteiger partial charge in [0.2, 0.25) is 0 Å². The van der Waals surface area contributed by atoms with Crippen molar-refractivity contribution < 1.29 is 65.9 Å². The van der Waals surface area contributed by atoms with E-state index in [1.165, 1.54) is 0 Å². The van der Waals surface area contributed by atoms with E-state index in [1.54, 1.807) is 0 Å². The molecule has 0 heterocycles. The number of hydrogen-bond donors (Lipinski definition) is 2. The Balaban J connectivity index is 6.95. The summed E-state index contributed by atoms with van der Waals surface area (Å²) >= 11 is 0. The van der Waals surface area contributed by atoms with Gasteiger partial charge in [-0.2, -0.15) is 13.2 Å². The van der Waals surface area contributed by atoms with E-state index in [2.05, 4.69) is 0 Å². The molecule has 0 rings (SSSR count). The van der Waals surface area contributed by atoms with Gasteiger partial charge >= 0.3 is 41.1 Å². The first kappa shape index (κ1) is 18.5. The monoisotopic (exact) mass is 328 g/mol. The van der Waals surface area contributed by atoms with Gasteiger partial charge in [0.25, 0.3) is 0 Å². The predicted octanol–water partition coefficient (Wildman–Crippen LogP) is 0.268. The average Bonchev–Trinajstić information content (AvgIpc) is 2.35. The number of alkyl halides is 4. The van der Waals surface area contributed by atoms with Crippen LogP contribution in [-0.4, -0.2) is 45.9 Å². The Morgan fingerprint density at radius 3 is 1.19 bits per heavy atom. The number of carbonyl (C=O) groups excluding carboxylic acids is 2. The summed E-state index contributed by atoms with van der Waals surface area (Å²) in [5.74, 6) is -14.5. The van der Waals surface area contributed by atoms with E-state index >= 15 is 0 Å². The topological polar surface area (TPSA) is 127 Å². The van der Waals surface area contributed by atoms with Crippen molar-refractivity contribution in [3.8, 4) is 0 Å². The number of rotatable bonds is 5. The first-order chi connectivity index (χ1) is 9.35. The standard InChI is InChI=1S/C7H2F6O8/c8-6(1(14)15,2(16)17)5(3(18)20-12,4(19)21-13)7(9,10)11/h(H,14,15)(H,16,17). The Morgan fingerprint density at radius 2 is 1.05 bits per heavy atom. The van der Waals surface area contributed by atoms with Crippen LogP contribution in [0.4, 0.5) is 26.6 Å². The van der Waals surface area contributed by atoms with E-state index in [4.69, 9.17) is 10.2 Å². The van der Waals surface area contributed by atoms with Crippen LogP contribution in [0.15, 0.2) is 0 Å². The molecule has 21 heavy (non-hydrogen) atoms. The predicted molar refractivity (Wildman–Crippen MR) is 42.0 cm³/mol.